The minimum Gasteiger partial charge on any atom is -0.393 e. The fourth-order valence-corrected chi connectivity index (χ4v) is 2.06. The molecule has 84 valence electrons. The zero-order valence-corrected chi connectivity index (χ0v) is 9.79. The Morgan fingerprint density at radius 1 is 1.29 bits per heavy atom. The zero-order valence-electron chi connectivity index (χ0n) is 9.79. The molecule has 0 heterocycles. The van der Waals surface area contributed by atoms with Gasteiger partial charge in [-0.25, -0.2) is 0 Å². The Balaban J connectivity index is 2.18. The van der Waals surface area contributed by atoms with Crippen LogP contribution < -0.4 is 5.32 Å². The van der Waals surface area contributed by atoms with Crippen molar-refractivity contribution < 1.29 is 5.11 Å². The van der Waals surface area contributed by atoms with Crippen molar-refractivity contribution in [2.24, 2.45) is 5.92 Å². The highest BCUT2D eigenvalue weighted by Gasteiger charge is 2.28. The van der Waals surface area contributed by atoms with Crippen LogP contribution >= 0.6 is 0 Å². The molecule has 1 aliphatic rings. The summed E-state index contributed by atoms with van der Waals surface area (Å²) in [7, 11) is 0. The van der Waals surface area contributed by atoms with Crippen LogP contribution in [0.5, 0.6) is 0 Å². The molecule has 2 nitrogen and oxygen atoms in total. The lowest BCUT2D eigenvalue weighted by Crippen LogP contribution is -2.48. The van der Waals surface area contributed by atoms with E-state index in [4.69, 9.17) is 0 Å². The summed E-state index contributed by atoms with van der Waals surface area (Å²) in [5, 5.41) is 12.8. The molecule has 2 N–H and O–H groups in total. The van der Waals surface area contributed by atoms with E-state index in [1.54, 1.807) is 0 Å². The third-order valence-electron chi connectivity index (χ3n) is 3.46. The summed E-state index contributed by atoms with van der Waals surface area (Å²) in [6, 6.07) is 1.24. The fourth-order valence-electron chi connectivity index (χ4n) is 2.06. The summed E-state index contributed by atoms with van der Waals surface area (Å²) in [5.41, 5.74) is 0. The lowest BCUT2D eigenvalue weighted by Gasteiger charge is -2.36. The molecule has 14 heavy (non-hydrogen) atoms. The first-order valence-electron chi connectivity index (χ1n) is 6.09. The fraction of sp³-hybridized carbons (Fsp3) is 1.00. The van der Waals surface area contributed by atoms with Gasteiger partial charge in [-0.2, -0.15) is 0 Å². The summed E-state index contributed by atoms with van der Waals surface area (Å²) >= 11 is 0. The van der Waals surface area contributed by atoms with Crippen LogP contribution in [0, 0.1) is 5.92 Å². The van der Waals surface area contributed by atoms with Gasteiger partial charge in [0.2, 0.25) is 0 Å². The first kappa shape index (κ1) is 12.0. The van der Waals surface area contributed by atoms with E-state index in [1.165, 1.54) is 19.3 Å². The van der Waals surface area contributed by atoms with E-state index in [1.807, 2.05) is 0 Å². The molecule has 0 aromatic carbocycles. The molecule has 2 unspecified atom stereocenters. The molecular formula is C12H25NO. The Morgan fingerprint density at radius 2 is 1.93 bits per heavy atom. The normalized spacial score (nSPS) is 30.9. The highest BCUT2D eigenvalue weighted by atomic mass is 16.3. The van der Waals surface area contributed by atoms with Gasteiger partial charge in [0.1, 0.15) is 0 Å². The quantitative estimate of drug-likeness (QED) is 0.688. The molecule has 1 rings (SSSR count). The van der Waals surface area contributed by atoms with Gasteiger partial charge >= 0.3 is 0 Å². The molecule has 1 aliphatic carbocycles. The Labute approximate surface area is 88.1 Å². The Bertz CT molecular complexity index is 154. The average molecular weight is 199 g/mol. The van der Waals surface area contributed by atoms with E-state index in [-0.39, 0.29) is 6.10 Å². The smallest absolute Gasteiger partial charge is 0.0570 e. The molecule has 1 saturated carbocycles. The predicted molar refractivity (Wildman–Crippen MR) is 60.3 cm³/mol. The van der Waals surface area contributed by atoms with E-state index in [0.717, 1.165) is 18.8 Å². The van der Waals surface area contributed by atoms with Gasteiger partial charge in [-0.1, -0.05) is 27.2 Å². The molecule has 2 atom stereocenters. The van der Waals surface area contributed by atoms with Gasteiger partial charge in [-0.3, -0.25) is 0 Å². The van der Waals surface area contributed by atoms with Crippen molar-refractivity contribution in [1.82, 2.24) is 5.32 Å². The zero-order chi connectivity index (χ0) is 10.6. The molecule has 2 heteroatoms. The second-order valence-corrected chi connectivity index (χ2v) is 4.84. The molecule has 0 radical (unpaired) electrons. The Morgan fingerprint density at radius 3 is 2.36 bits per heavy atom. The van der Waals surface area contributed by atoms with E-state index in [9.17, 15) is 5.11 Å². The van der Waals surface area contributed by atoms with E-state index >= 15 is 0 Å². The third-order valence-corrected chi connectivity index (χ3v) is 3.46. The summed E-state index contributed by atoms with van der Waals surface area (Å²) in [6.45, 7) is 6.82. The largest absolute Gasteiger partial charge is 0.393 e. The average Bonchev–Trinajstić information content (AvgIpc) is 2.13. The lowest BCUT2D eigenvalue weighted by molar-refractivity contribution is 0.0560. The van der Waals surface area contributed by atoms with Crippen molar-refractivity contribution in [3.05, 3.63) is 0 Å². The maximum atomic E-state index is 9.19. The highest BCUT2D eigenvalue weighted by Crippen LogP contribution is 2.22. The summed E-state index contributed by atoms with van der Waals surface area (Å²) in [4.78, 5) is 0. The summed E-state index contributed by atoms with van der Waals surface area (Å²) in [6.07, 6.45) is 5.63. The number of aliphatic hydroxyl groups excluding tert-OH is 1. The summed E-state index contributed by atoms with van der Waals surface area (Å²) < 4.78 is 0. The standard InChI is InChI=1S/C12H25NO/c1-4-9(3)6-10(5-2)13-11-7-12(14)8-11/h9-14H,4-8H2,1-3H3. The van der Waals surface area contributed by atoms with Crippen molar-refractivity contribution in [3.63, 3.8) is 0 Å². The molecule has 0 saturated heterocycles. The van der Waals surface area contributed by atoms with E-state index in [0.29, 0.717) is 12.1 Å². The lowest BCUT2D eigenvalue weighted by atomic mass is 9.87. The SMILES string of the molecule is CCC(C)CC(CC)NC1CC(O)C1. The predicted octanol–water partition coefficient (Wildman–Crippen LogP) is 2.31. The van der Waals surface area contributed by atoms with Crippen molar-refractivity contribution in [1.29, 1.82) is 0 Å². The number of hydrogen-bond donors (Lipinski definition) is 2. The van der Waals surface area contributed by atoms with Crippen LogP contribution in [0.1, 0.15) is 52.9 Å². The topological polar surface area (TPSA) is 32.3 Å². The molecule has 1 fully saturated rings. The van der Waals surface area contributed by atoms with E-state index < -0.39 is 0 Å². The van der Waals surface area contributed by atoms with Crippen LogP contribution in [0.4, 0.5) is 0 Å². The van der Waals surface area contributed by atoms with Gasteiger partial charge in [0.05, 0.1) is 6.10 Å². The minimum absolute atomic E-state index is 0.0337. The maximum Gasteiger partial charge on any atom is 0.0570 e. The maximum absolute atomic E-state index is 9.19. The van der Waals surface area contributed by atoms with Gasteiger partial charge in [0.25, 0.3) is 0 Å². The number of rotatable bonds is 6. The van der Waals surface area contributed by atoms with E-state index in [2.05, 4.69) is 26.1 Å². The molecular weight excluding hydrogens is 174 g/mol. The Hall–Kier alpha value is -0.0800. The molecule has 0 aromatic heterocycles. The second kappa shape index (κ2) is 5.72. The minimum atomic E-state index is -0.0337. The number of hydrogen-bond acceptors (Lipinski definition) is 2. The molecule has 0 aliphatic heterocycles. The summed E-state index contributed by atoms with van der Waals surface area (Å²) in [5.74, 6) is 0.817. The first-order chi connectivity index (χ1) is 6.65. The van der Waals surface area contributed by atoms with Crippen LogP contribution in [-0.2, 0) is 0 Å². The monoisotopic (exact) mass is 199 g/mol. The highest BCUT2D eigenvalue weighted by molar-refractivity contribution is 4.87. The third kappa shape index (κ3) is 3.58. The van der Waals surface area contributed by atoms with Crippen molar-refractivity contribution >= 4 is 0 Å². The number of aliphatic hydroxyl groups is 1. The van der Waals surface area contributed by atoms with Crippen LogP contribution in [0.3, 0.4) is 0 Å². The van der Waals surface area contributed by atoms with Crippen LogP contribution in [0.25, 0.3) is 0 Å². The van der Waals surface area contributed by atoms with Crippen LogP contribution in [-0.4, -0.2) is 23.3 Å². The van der Waals surface area contributed by atoms with Crippen LogP contribution in [0.2, 0.25) is 0 Å². The van der Waals surface area contributed by atoms with Crippen molar-refractivity contribution in [2.45, 2.75) is 71.1 Å². The van der Waals surface area contributed by atoms with Gasteiger partial charge < -0.3 is 10.4 Å². The van der Waals surface area contributed by atoms with Crippen molar-refractivity contribution in [2.75, 3.05) is 0 Å². The van der Waals surface area contributed by atoms with Gasteiger partial charge in [-0.15, -0.1) is 0 Å². The molecule has 0 amide bonds. The van der Waals surface area contributed by atoms with Gasteiger partial charge in [0, 0.05) is 12.1 Å². The molecule has 0 bridgehead atoms. The molecule has 0 spiro atoms. The van der Waals surface area contributed by atoms with Crippen molar-refractivity contribution in [3.8, 4) is 0 Å². The second-order valence-electron chi connectivity index (χ2n) is 4.84. The Kier molecular flexibility index (Phi) is 4.90. The van der Waals surface area contributed by atoms with Gasteiger partial charge in [0.15, 0.2) is 0 Å². The van der Waals surface area contributed by atoms with Gasteiger partial charge in [-0.05, 0) is 31.6 Å². The molecule has 0 aromatic rings. The van der Waals surface area contributed by atoms with Crippen LogP contribution in [0.15, 0.2) is 0 Å². The number of nitrogens with one attached hydrogen (secondary N) is 1. The first-order valence-corrected chi connectivity index (χ1v) is 6.09.